The van der Waals surface area contributed by atoms with E-state index in [1.807, 2.05) is 0 Å². The minimum atomic E-state index is 0. The molecule has 1 aliphatic heterocycles. The van der Waals surface area contributed by atoms with E-state index in [9.17, 15) is 0 Å². The van der Waals surface area contributed by atoms with Gasteiger partial charge in [0.1, 0.15) is 0 Å². The molecule has 0 saturated carbocycles. The van der Waals surface area contributed by atoms with Crippen LogP contribution in [0.4, 0.5) is 0 Å². The van der Waals surface area contributed by atoms with Crippen molar-refractivity contribution in [2.24, 2.45) is 0 Å². The quantitative estimate of drug-likeness (QED) is 0.702. The molecule has 4 rings (SSSR count). The van der Waals surface area contributed by atoms with Gasteiger partial charge in [0.05, 0.1) is 0 Å². The molecule has 3 atom stereocenters. The Morgan fingerprint density at radius 2 is 1.82 bits per heavy atom. The van der Waals surface area contributed by atoms with Crippen LogP contribution in [0, 0.1) is 0 Å². The number of nitrogens with zero attached hydrogens (tertiary/aromatic N) is 1. The van der Waals surface area contributed by atoms with Crippen LogP contribution in [-0.4, -0.2) is 24.5 Å². The van der Waals surface area contributed by atoms with Gasteiger partial charge in [-0.3, -0.25) is 0 Å². The van der Waals surface area contributed by atoms with Crippen LogP contribution in [-0.2, 0) is 0 Å². The smallest absolute Gasteiger partial charge is 0.0409 e. The summed E-state index contributed by atoms with van der Waals surface area (Å²) in [6.07, 6.45) is 2.48. The molecule has 3 heteroatoms. The second-order valence-electron chi connectivity index (χ2n) is 6.42. The SMILES string of the molecule is CN1CCC2c3ccc(Cl)cc3C(c3ccccc3)CC21.Cl. The molecule has 2 aliphatic rings. The Balaban J connectivity index is 0.00000144. The van der Waals surface area contributed by atoms with E-state index in [-0.39, 0.29) is 12.4 Å². The highest BCUT2D eigenvalue weighted by molar-refractivity contribution is 6.30. The Labute approximate surface area is 143 Å². The third kappa shape index (κ3) is 2.56. The summed E-state index contributed by atoms with van der Waals surface area (Å²) in [6, 6.07) is 18.1. The van der Waals surface area contributed by atoms with Crippen LogP contribution in [0.5, 0.6) is 0 Å². The second-order valence-corrected chi connectivity index (χ2v) is 6.85. The summed E-state index contributed by atoms with van der Waals surface area (Å²) in [5.74, 6) is 1.16. The fourth-order valence-corrected chi connectivity index (χ4v) is 4.45. The van der Waals surface area contributed by atoms with Gasteiger partial charge in [0, 0.05) is 22.9 Å². The van der Waals surface area contributed by atoms with Crippen molar-refractivity contribution in [2.45, 2.75) is 30.7 Å². The van der Waals surface area contributed by atoms with Crippen LogP contribution in [0.15, 0.2) is 48.5 Å². The topological polar surface area (TPSA) is 3.24 Å². The Morgan fingerprint density at radius 1 is 1.05 bits per heavy atom. The molecule has 3 unspecified atom stereocenters. The lowest BCUT2D eigenvalue weighted by Crippen LogP contribution is -2.34. The minimum absolute atomic E-state index is 0. The van der Waals surface area contributed by atoms with Gasteiger partial charge >= 0.3 is 0 Å². The Bertz CT molecular complexity index is 656. The lowest BCUT2D eigenvalue weighted by atomic mass is 9.71. The first-order valence-corrected chi connectivity index (χ1v) is 8.16. The molecule has 116 valence electrons. The van der Waals surface area contributed by atoms with E-state index in [2.05, 4.69) is 60.5 Å². The number of fused-ring (bicyclic) bond motifs is 3. The molecule has 0 spiro atoms. The van der Waals surface area contributed by atoms with Crippen molar-refractivity contribution in [3.8, 4) is 0 Å². The largest absolute Gasteiger partial charge is 0.303 e. The molecule has 1 fully saturated rings. The fourth-order valence-electron chi connectivity index (χ4n) is 4.27. The van der Waals surface area contributed by atoms with Gasteiger partial charge in [0.25, 0.3) is 0 Å². The van der Waals surface area contributed by atoms with E-state index in [0.29, 0.717) is 17.9 Å². The van der Waals surface area contributed by atoms with Crippen molar-refractivity contribution in [1.29, 1.82) is 0 Å². The van der Waals surface area contributed by atoms with Gasteiger partial charge in [-0.05, 0) is 55.3 Å². The first-order chi connectivity index (χ1) is 10.2. The van der Waals surface area contributed by atoms with Crippen LogP contribution < -0.4 is 0 Å². The molecule has 22 heavy (non-hydrogen) atoms. The molecule has 1 heterocycles. The summed E-state index contributed by atoms with van der Waals surface area (Å²) < 4.78 is 0. The third-order valence-corrected chi connectivity index (χ3v) is 5.56. The van der Waals surface area contributed by atoms with Gasteiger partial charge in [-0.25, -0.2) is 0 Å². The van der Waals surface area contributed by atoms with Crippen LogP contribution in [0.2, 0.25) is 5.02 Å². The van der Waals surface area contributed by atoms with Gasteiger partial charge in [-0.2, -0.15) is 0 Å². The number of hydrogen-bond donors (Lipinski definition) is 0. The number of rotatable bonds is 1. The molecule has 0 N–H and O–H groups in total. The number of hydrogen-bond acceptors (Lipinski definition) is 1. The molecule has 1 aliphatic carbocycles. The van der Waals surface area contributed by atoms with E-state index in [0.717, 1.165) is 5.02 Å². The summed E-state index contributed by atoms with van der Waals surface area (Å²) in [6.45, 7) is 1.21. The van der Waals surface area contributed by atoms with Crippen molar-refractivity contribution in [1.82, 2.24) is 4.90 Å². The Morgan fingerprint density at radius 3 is 2.59 bits per heavy atom. The van der Waals surface area contributed by atoms with E-state index >= 15 is 0 Å². The Hall–Kier alpha value is -1.02. The third-order valence-electron chi connectivity index (χ3n) is 5.33. The summed E-state index contributed by atoms with van der Waals surface area (Å²) in [7, 11) is 2.27. The zero-order valence-corrected chi connectivity index (χ0v) is 14.3. The van der Waals surface area contributed by atoms with Crippen LogP contribution in [0.25, 0.3) is 0 Å². The van der Waals surface area contributed by atoms with Gasteiger partial charge < -0.3 is 4.90 Å². The summed E-state index contributed by atoms with van der Waals surface area (Å²) in [5, 5.41) is 0.861. The van der Waals surface area contributed by atoms with E-state index in [1.165, 1.54) is 36.1 Å². The highest BCUT2D eigenvalue weighted by Crippen LogP contribution is 2.48. The molecule has 1 saturated heterocycles. The monoisotopic (exact) mass is 333 g/mol. The molecular formula is C19H21Cl2N. The average molecular weight is 334 g/mol. The molecule has 1 nitrogen and oxygen atoms in total. The van der Waals surface area contributed by atoms with Crippen molar-refractivity contribution < 1.29 is 0 Å². The van der Waals surface area contributed by atoms with Crippen molar-refractivity contribution in [2.75, 3.05) is 13.6 Å². The van der Waals surface area contributed by atoms with Crippen molar-refractivity contribution >= 4 is 24.0 Å². The molecule has 0 radical (unpaired) electrons. The van der Waals surface area contributed by atoms with Gasteiger partial charge in [-0.1, -0.05) is 48.0 Å². The summed E-state index contributed by atoms with van der Waals surface area (Å²) >= 11 is 6.29. The lowest BCUT2D eigenvalue weighted by molar-refractivity contribution is 0.265. The van der Waals surface area contributed by atoms with Gasteiger partial charge in [0.2, 0.25) is 0 Å². The van der Waals surface area contributed by atoms with Crippen LogP contribution >= 0.6 is 24.0 Å². The molecule has 2 aromatic carbocycles. The normalized spacial score (nSPS) is 26.9. The lowest BCUT2D eigenvalue weighted by Gasteiger charge is -2.37. The standard InChI is InChI=1S/C19H20ClN.ClH/c1-21-10-9-16-15-8-7-14(20)11-18(15)17(12-19(16)21)13-5-3-2-4-6-13;/h2-8,11,16-17,19H,9-10,12H2,1H3;1H. The molecule has 0 aromatic heterocycles. The number of benzene rings is 2. The van der Waals surface area contributed by atoms with Crippen molar-refractivity contribution in [3.63, 3.8) is 0 Å². The highest BCUT2D eigenvalue weighted by atomic mass is 35.5. The molecule has 0 amide bonds. The van der Waals surface area contributed by atoms with Crippen LogP contribution in [0.3, 0.4) is 0 Å². The van der Waals surface area contributed by atoms with Gasteiger partial charge in [0.15, 0.2) is 0 Å². The summed E-state index contributed by atoms with van der Waals surface area (Å²) in [4.78, 5) is 2.54. The number of likely N-dealkylation sites (N-methyl/N-ethyl adjacent to an activating group) is 1. The zero-order valence-electron chi connectivity index (χ0n) is 12.7. The second kappa shape index (κ2) is 6.23. The highest BCUT2D eigenvalue weighted by Gasteiger charge is 2.40. The number of halogens is 2. The zero-order chi connectivity index (χ0) is 14.4. The van der Waals surface area contributed by atoms with E-state index < -0.39 is 0 Å². The first-order valence-electron chi connectivity index (χ1n) is 7.78. The average Bonchev–Trinajstić information content (AvgIpc) is 2.88. The fraction of sp³-hybridized carbons (Fsp3) is 0.368. The Kier molecular flexibility index (Phi) is 4.49. The van der Waals surface area contributed by atoms with E-state index in [4.69, 9.17) is 11.6 Å². The predicted octanol–water partition coefficient (Wildman–Crippen LogP) is 5.09. The van der Waals surface area contributed by atoms with Crippen molar-refractivity contribution in [3.05, 3.63) is 70.2 Å². The number of likely N-dealkylation sites (tertiary alicyclic amines) is 1. The predicted molar refractivity (Wildman–Crippen MR) is 95.4 cm³/mol. The van der Waals surface area contributed by atoms with E-state index in [1.54, 1.807) is 0 Å². The molecule has 0 bridgehead atoms. The maximum atomic E-state index is 6.29. The van der Waals surface area contributed by atoms with Crippen LogP contribution in [0.1, 0.15) is 41.4 Å². The first kappa shape index (κ1) is 15.9. The maximum absolute atomic E-state index is 6.29. The maximum Gasteiger partial charge on any atom is 0.0409 e. The minimum Gasteiger partial charge on any atom is -0.303 e. The molecule has 2 aromatic rings. The summed E-state index contributed by atoms with van der Waals surface area (Å²) in [5.41, 5.74) is 4.39. The molecular weight excluding hydrogens is 313 g/mol. The van der Waals surface area contributed by atoms with Gasteiger partial charge in [-0.15, -0.1) is 12.4 Å².